The molecule has 2 rings (SSSR count). The molecule has 1 nitrogen and oxygen atoms in total. The summed E-state index contributed by atoms with van der Waals surface area (Å²) in [5.41, 5.74) is 0. The fourth-order valence-corrected chi connectivity index (χ4v) is 3.76. The zero-order valence-electron chi connectivity index (χ0n) is 10.3. The average Bonchev–Trinajstić information content (AvgIpc) is 2.63. The van der Waals surface area contributed by atoms with Crippen molar-refractivity contribution in [3.63, 3.8) is 0 Å². The molecule has 0 amide bonds. The predicted molar refractivity (Wildman–Crippen MR) is 66.0 cm³/mol. The highest BCUT2D eigenvalue weighted by atomic mass is 14.9. The molecule has 0 aromatic rings. The van der Waals surface area contributed by atoms with Gasteiger partial charge < -0.3 is 5.32 Å². The monoisotopic (exact) mass is 209 g/mol. The van der Waals surface area contributed by atoms with E-state index in [2.05, 4.69) is 12.2 Å². The fraction of sp³-hybridized carbons (Fsp3) is 1.00. The van der Waals surface area contributed by atoms with Crippen molar-refractivity contribution < 1.29 is 0 Å². The van der Waals surface area contributed by atoms with Gasteiger partial charge in [0, 0.05) is 6.04 Å². The van der Waals surface area contributed by atoms with Crippen LogP contribution in [0.3, 0.4) is 0 Å². The molecule has 1 saturated carbocycles. The van der Waals surface area contributed by atoms with Gasteiger partial charge in [-0.25, -0.2) is 0 Å². The third kappa shape index (κ3) is 2.96. The van der Waals surface area contributed by atoms with Crippen LogP contribution in [0, 0.1) is 11.8 Å². The van der Waals surface area contributed by atoms with Crippen molar-refractivity contribution in [2.75, 3.05) is 6.54 Å². The summed E-state index contributed by atoms with van der Waals surface area (Å²) < 4.78 is 0. The van der Waals surface area contributed by atoms with Gasteiger partial charge in [-0.05, 0) is 31.2 Å². The Morgan fingerprint density at radius 2 is 1.73 bits per heavy atom. The van der Waals surface area contributed by atoms with Crippen LogP contribution in [0.4, 0.5) is 0 Å². The van der Waals surface area contributed by atoms with Crippen LogP contribution in [0.2, 0.25) is 0 Å². The van der Waals surface area contributed by atoms with E-state index in [1.807, 2.05) is 0 Å². The van der Waals surface area contributed by atoms with Crippen molar-refractivity contribution in [1.29, 1.82) is 0 Å². The van der Waals surface area contributed by atoms with Gasteiger partial charge in [-0.15, -0.1) is 0 Å². The second kappa shape index (κ2) is 5.89. The maximum Gasteiger partial charge on any atom is 0.00983 e. The van der Waals surface area contributed by atoms with Gasteiger partial charge in [0.15, 0.2) is 0 Å². The molecule has 15 heavy (non-hydrogen) atoms. The zero-order chi connectivity index (χ0) is 10.5. The molecule has 2 aliphatic rings. The molecular weight excluding hydrogens is 182 g/mol. The Morgan fingerprint density at radius 1 is 1.00 bits per heavy atom. The van der Waals surface area contributed by atoms with E-state index in [1.54, 1.807) is 0 Å². The number of hydrogen-bond acceptors (Lipinski definition) is 1. The van der Waals surface area contributed by atoms with Crippen LogP contribution >= 0.6 is 0 Å². The van der Waals surface area contributed by atoms with E-state index in [4.69, 9.17) is 0 Å². The molecule has 2 unspecified atom stereocenters. The first-order chi connectivity index (χ1) is 7.42. The molecule has 1 aliphatic carbocycles. The van der Waals surface area contributed by atoms with Crippen molar-refractivity contribution in [1.82, 2.24) is 5.32 Å². The van der Waals surface area contributed by atoms with Crippen LogP contribution in [-0.2, 0) is 0 Å². The van der Waals surface area contributed by atoms with Gasteiger partial charge >= 0.3 is 0 Å². The highest BCUT2D eigenvalue weighted by molar-refractivity contribution is 4.85. The second-order valence-corrected chi connectivity index (χ2v) is 5.53. The second-order valence-electron chi connectivity index (χ2n) is 5.53. The molecule has 0 aromatic carbocycles. The van der Waals surface area contributed by atoms with Crippen molar-refractivity contribution in [2.45, 2.75) is 70.8 Å². The lowest BCUT2D eigenvalue weighted by Gasteiger charge is -2.30. The van der Waals surface area contributed by atoms with E-state index in [9.17, 15) is 0 Å². The third-order valence-corrected chi connectivity index (χ3v) is 4.59. The van der Waals surface area contributed by atoms with Gasteiger partial charge in [0.05, 0.1) is 0 Å². The van der Waals surface area contributed by atoms with Gasteiger partial charge in [-0.3, -0.25) is 0 Å². The lowest BCUT2D eigenvalue weighted by atomic mass is 9.79. The van der Waals surface area contributed by atoms with Crippen LogP contribution in [0.1, 0.15) is 64.7 Å². The Bertz CT molecular complexity index is 164. The molecule has 0 radical (unpaired) electrons. The molecule has 2 atom stereocenters. The van der Waals surface area contributed by atoms with Crippen molar-refractivity contribution in [3.8, 4) is 0 Å². The van der Waals surface area contributed by atoms with Crippen molar-refractivity contribution >= 4 is 0 Å². The van der Waals surface area contributed by atoms with E-state index in [-0.39, 0.29) is 0 Å². The molecule has 1 heteroatoms. The molecule has 1 saturated heterocycles. The summed E-state index contributed by atoms with van der Waals surface area (Å²) in [6.07, 6.45) is 13.2. The van der Waals surface area contributed by atoms with Crippen LogP contribution in [0.5, 0.6) is 0 Å². The molecule has 0 bridgehead atoms. The Morgan fingerprint density at radius 3 is 2.27 bits per heavy atom. The molecule has 0 spiro atoms. The number of nitrogens with one attached hydrogen (secondary N) is 1. The smallest absolute Gasteiger partial charge is 0.00983 e. The van der Waals surface area contributed by atoms with Gasteiger partial charge in [0.1, 0.15) is 0 Å². The lowest BCUT2D eigenvalue weighted by Crippen LogP contribution is -2.34. The van der Waals surface area contributed by atoms with E-state index in [0.29, 0.717) is 0 Å². The average molecular weight is 209 g/mol. The van der Waals surface area contributed by atoms with Gasteiger partial charge in [-0.1, -0.05) is 51.9 Å². The van der Waals surface area contributed by atoms with E-state index >= 15 is 0 Å². The topological polar surface area (TPSA) is 12.0 Å². The molecule has 1 N–H and O–H groups in total. The van der Waals surface area contributed by atoms with Crippen molar-refractivity contribution in [2.24, 2.45) is 11.8 Å². The molecule has 1 aliphatic heterocycles. The highest BCUT2D eigenvalue weighted by Gasteiger charge is 2.29. The Hall–Kier alpha value is -0.0400. The Labute approximate surface area is 95.0 Å². The Kier molecular flexibility index (Phi) is 4.49. The predicted octanol–water partition coefficient (Wildman–Crippen LogP) is 3.74. The first-order valence-corrected chi connectivity index (χ1v) is 7.15. The van der Waals surface area contributed by atoms with Crippen LogP contribution in [-0.4, -0.2) is 12.6 Å². The highest BCUT2D eigenvalue weighted by Crippen LogP contribution is 2.34. The number of hydrogen-bond donors (Lipinski definition) is 1. The number of rotatable bonds is 3. The third-order valence-electron chi connectivity index (χ3n) is 4.59. The summed E-state index contributed by atoms with van der Waals surface area (Å²) in [5.74, 6) is 2.01. The van der Waals surface area contributed by atoms with Gasteiger partial charge in [0.2, 0.25) is 0 Å². The minimum absolute atomic E-state index is 0.859. The minimum Gasteiger partial charge on any atom is -0.314 e. The Balaban J connectivity index is 1.91. The molecule has 0 aromatic heterocycles. The summed E-state index contributed by atoms with van der Waals surface area (Å²) in [6, 6.07) is 0.859. The largest absolute Gasteiger partial charge is 0.314 e. The molecule has 88 valence electrons. The first kappa shape index (κ1) is 11.4. The van der Waals surface area contributed by atoms with E-state index in [1.165, 1.54) is 64.3 Å². The van der Waals surface area contributed by atoms with E-state index in [0.717, 1.165) is 17.9 Å². The minimum atomic E-state index is 0.859. The van der Waals surface area contributed by atoms with Crippen LogP contribution in [0.25, 0.3) is 0 Å². The fourth-order valence-electron chi connectivity index (χ4n) is 3.76. The van der Waals surface area contributed by atoms with Gasteiger partial charge in [0.25, 0.3) is 0 Å². The SMILES string of the molecule is CCC(C1CCCCCC1)C1CCCN1. The standard InChI is InChI=1S/C14H27N/c1-2-13(14-10-7-11-15-14)12-8-5-3-4-6-9-12/h12-15H,2-11H2,1H3. The normalized spacial score (nSPS) is 31.4. The summed E-state index contributed by atoms with van der Waals surface area (Å²) in [7, 11) is 0. The van der Waals surface area contributed by atoms with Crippen LogP contribution < -0.4 is 5.32 Å². The van der Waals surface area contributed by atoms with Crippen molar-refractivity contribution in [3.05, 3.63) is 0 Å². The molecule has 2 fully saturated rings. The molecule has 1 heterocycles. The summed E-state index contributed by atoms with van der Waals surface area (Å²) in [4.78, 5) is 0. The summed E-state index contributed by atoms with van der Waals surface area (Å²) >= 11 is 0. The van der Waals surface area contributed by atoms with Crippen LogP contribution in [0.15, 0.2) is 0 Å². The maximum atomic E-state index is 3.73. The first-order valence-electron chi connectivity index (χ1n) is 7.15. The van der Waals surface area contributed by atoms with E-state index < -0.39 is 0 Å². The maximum absolute atomic E-state index is 3.73. The quantitative estimate of drug-likeness (QED) is 0.698. The van der Waals surface area contributed by atoms with Gasteiger partial charge in [-0.2, -0.15) is 0 Å². The summed E-state index contributed by atoms with van der Waals surface area (Å²) in [5, 5.41) is 3.73. The summed E-state index contributed by atoms with van der Waals surface area (Å²) in [6.45, 7) is 3.67. The zero-order valence-corrected chi connectivity index (χ0v) is 10.3. The lowest BCUT2D eigenvalue weighted by molar-refractivity contribution is 0.232. The molecular formula is C14H27N.